The number of pyridine rings is 1. The minimum Gasteiger partial charge on any atom is -0.395 e. The van der Waals surface area contributed by atoms with Crippen LogP contribution < -0.4 is 10.6 Å². The number of hydrogen-bond donors (Lipinski definition) is 3. The van der Waals surface area contributed by atoms with Crippen molar-refractivity contribution in [2.75, 3.05) is 23.8 Å². The maximum Gasteiger partial charge on any atom is 0.225 e. The monoisotopic (exact) mass is 375 g/mol. The van der Waals surface area contributed by atoms with Crippen LogP contribution in [0.3, 0.4) is 0 Å². The van der Waals surface area contributed by atoms with E-state index in [0.29, 0.717) is 45.4 Å². The largest absolute Gasteiger partial charge is 0.395 e. The summed E-state index contributed by atoms with van der Waals surface area (Å²) in [6, 6.07) is 12.5. The van der Waals surface area contributed by atoms with Crippen LogP contribution in [0, 0.1) is 0 Å². The fourth-order valence-electron chi connectivity index (χ4n) is 2.18. The molecule has 0 aliphatic rings. The Morgan fingerprint density at radius 3 is 2.44 bits per heavy atom. The van der Waals surface area contributed by atoms with Gasteiger partial charge in [0.2, 0.25) is 5.95 Å². The standard InChI is InChI=1S/C17H15Cl2N5O/c18-11-7-12(19)9-13(8-11)22-16-10-15(14-3-1-2-4-20-14)23-17(24-16)21-5-6-25/h1-4,7-10,25H,5-6H2,(H2,21,22,23,24). The van der Waals surface area contributed by atoms with Gasteiger partial charge in [0.15, 0.2) is 0 Å². The highest BCUT2D eigenvalue weighted by Gasteiger charge is 2.08. The Kier molecular flexibility index (Phi) is 5.65. The molecule has 3 rings (SSSR count). The van der Waals surface area contributed by atoms with Crippen LogP contribution in [0.15, 0.2) is 48.7 Å². The first kappa shape index (κ1) is 17.4. The van der Waals surface area contributed by atoms with Crippen molar-refractivity contribution in [3.05, 3.63) is 58.7 Å². The van der Waals surface area contributed by atoms with Gasteiger partial charge in [-0.25, -0.2) is 4.98 Å². The number of hydrogen-bond acceptors (Lipinski definition) is 6. The van der Waals surface area contributed by atoms with Gasteiger partial charge < -0.3 is 15.7 Å². The number of rotatable bonds is 6. The summed E-state index contributed by atoms with van der Waals surface area (Å²) in [5.41, 5.74) is 2.06. The molecule has 0 aliphatic heterocycles. The lowest BCUT2D eigenvalue weighted by Crippen LogP contribution is -2.10. The fourth-order valence-corrected chi connectivity index (χ4v) is 2.70. The van der Waals surface area contributed by atoms with E-state index in [0.717, 1.165) is 0 Å². The number of aromatic nitrogens is 3. The van der Waals surface area contributed by atoms with Crippen molar-refractivity contribution in [2.24, 2.45) is 0 Å². The van der Waals surface area contributed by atoms with E-state index in [2.05, 4.69) is 25.6 Å². The Bertz CT molecular complexity index is 841. The predicted octanol–water partition coefficient (Wildman–Crippen LogP) is 3.99. The van der Waals surface area contributed by atoms with E-state index in [4.69, 9.17) is 28.3 Å². The summed E-state index contributed by atoms with van der Waals surface area (Å²) < 4.78 is 0. The zero-order valence-electron chi connectivity index (χ0n) is 13.1. The van der Waals surface area contributed by atoms with E-state index in [1.807, 2.05) is 18.2 Å². The number of anilines is 3. The highest BCUT2D eigenvalue weighted by atomic mass is 35.5. The molecule has 0 aliphatic carbocycles. The van der Waals surface area contributed by atoms with Gasteiger partial charge in [0.25, 0.3) is 0 Å². The number of benzene rings is 1. The lowest BCUT2D eigenvalue weighted by atomic mass is 10.2. The normalized spacial score (nSPS) is 10.5. The molecule has 0 atom stereocenters. The second-order valence-electron chi connectivity index (χ2n) is 5.11. The molecule has 3 aromatic rings. The van der Waals surface area contributed by atoms with Crippen molar-refractivity contribution in [2.45, 2.75) is 0 Å². The van der Waals surface area contributed by atoms with Gasteiger partial charge in [0.1, 0.15) is 5.82 Å². The Labute approximate surface area is 154 Å². The summed E-state index contributed by atoms with van der Waals surface area (Å²) in [6.45, 7) is 0.317. The van der Waals surface area contributed by atoms with Crippen molar-refractivity contribution < 1.29 is 5.11 Å². The molecule has 2 heterocycles. The van der Waals surface area contributed by atoms with Crippen LogP contribution in [-0.4, -0.2) is 33.2 Å². The van der Waals surface area contributed by atoms with Gasteiger partial charge in [-0.1, -0.05) is 29.3 Å². The van der Waals surface area contributed by atoms with Crippen LogP contribution in [0.5, 0.6) is 0 Å². The summed E-state index contributed by atoms with van der Waals surface area (Å²) in [7, 11) is 0. The molecule has 1 aromatic carbocycles. The minimum absolute atomic E-state index is 0.0240. The first-order valence-electron chi connectivity index (χ1n) is 7.52. The molecule has 0 spiro atoms. The Balaban J connectivity index is 1.96. The average molecular weight is 376 g/mol. The third-order valence-corrected chi connectivity index (χ3v) is 3.62. The van der Waals surface area contributed by atoms with E-state index in [1.165, 1.54) is 0 Å². The zero-order valence-corrected chi connectivity index (χ0v) is 14.6. The fraction of sp³-hybridized carbons (Fsp3) is 0.118. The van der Waals surface area contributed by atoms with Crippen molar-refractivity contribution in [1.82, 2.24) is 15.0 Å². The van der Waals surface area contributed by atoms with Gasteiger partial charge in [0, 0.05) is 34.5 Å². The molecule has 3 N–H and O–H groups in total. The van der Waals surface area contributed by atoms with Crippen molar-refractivity contribution in [1.29, 1.82) is 0 Å². The first-order chi connectivity index (χ1) is 12.1. The predicted molar refractivity (Wildman–Crippen MR) is 101 cm³/mol. The van der Waals surface area contributed by atoms with Gasteiger partial charge in [0.05, 0.1) is 18.0 Å². The third-order valence-electron chi connectivity index (χ3n) is 3.18. The molecule has 8 heteroatoms. The van der Waals surface area contributed by atoms with Gasteiger partial charge >= 0.3 is 0 Å². The molecule has 0 bridgehead atoms. The molecule has 2 aromatic heterocycles. The van der Waals surface area contributed by atoms with Gasteiger partial charge in [-0.2, -0.15) is 4.98 Å². The molecule has 0 saturated heterocycles. The summed E-state index contributed by atoms with van der Waals surface area (Å²) in [4.78, 5) is 13.1. The number of aliphatic hydroxyl groups excluding tert-OH is 1. The second-order valence-corrected chi connectivity index (χ2v) is 5.98. The molecular weight excluding hydrogens is 361 g/mol. The van der Waals surface area contributed by atoms with Crippen molar-refractivity contribution in [3.8, 4) is 11.4 Å². The summed E-state index contributed by atoms with van der Waals surface area (Å²) in [5, 5.41) is 16.2. The van der Waals surface area contributed by atoms with Gasteiger partial charge in [-0.15, -0.1) is 0 Å². The van der Waals surface area contributed by atoms with Crippen LogP contribution in [0.25, 0.3) is 11.4 Å². The van der Waals surface area contributed by atoms with Crippen molar-refractivity contribution in [3.63, 3.8) is 0 Å². The highest BCUT2D eigenvalue weighted by Crippen LogP contribution is 2.26. The number of nitrogens with zero attached hydrogens (tertiary/aromatic N) is 3. The maximum atomic E-state index is 9.00. The van der Waals surface area contributed by atoms with E-state index in [9.17, 15) is 0 Å². The molecule has 0 fully saturated rings. The SMILES string of the molecule is OCCNc1nc(Nc2cc(Cl)cc(Cl)c2)cc(-c2ccccn2)n1. The van der Waals surface area contributed by atoms with E-state index in [1.54, 1.807) is 30.5 Å². The molecule has 0 radical (unpaired) electrons. The molecule has 128 valence electrons. The van der Waals surface area contributed by atoms with Crippen LogP contribution in [0.2, 0.25) is 10.0 Å². The molecule has 0 unspecified atom stereocenters. The lowest BCUT2D eigenvalue weighted by molar-refractivity contribution is 0.311. The first-order valence-corrected chi connectivity index (χ1v) is 8.28. The van der Waals surface area contributed by atoms with Crippen LogP contribution in [0.1, 0.15) is 0 Å². The molecule has 0 saturated carbocycles. The quantitative estimate of drug-likeness (QED) is 0.603. The average Bonchev–Trinajstić information content (AvgIpc) is 2.59. The second kappa shape index (κ2) is 8.11. The van der Waals surface area contributed by atoms with Gasteiger partial charge in [-0.3, -0.25) is 4.98 Å². The Morgan fingerprint density at radius 1 is 0.960 bits per heavy atom. The van der Waals surface area contributed by atoms with Crippen molar-refractivity contribution >= 4 is 40.7 Å². The maximum absolute atomic E-state index is 9.00. The zero-order chi connectivity index (χ0) is 17.6. The lowest BCUT2D eigenvalue weighted by Gasteiger charge is -2.11. The molecule has 0 amide bonds. The third kappa shape index (κ3) is 4.79. The number of aliphatic hydroxyl groups is 1. The number of nitrogens with one attached hydrogen (secondary N) is 2. The van der Waals surface area contributed by atoms with Crippen LogP contribution in [-0.2, 0) is 0 Å². The van der Waals surface area contributed by atoms with Gasteiger partial charge in [-0.05, 0) is 30.3 Å². The smallest absolute Gasteiger partial charge is 0.225 e. The van der Waals surface area contributed by atoms with Crippen LogP contribution >= 0.6 is 23.2 Å². The Hall–Kier alpha value is -2.41. The highest BCUT2D eigenvalue weighted by molar-refractivity contribution is 6.35. The Morgan fingerprint density at radius 2 is 1.76 bits per heavy atom. The number of halogens is 2. The molecule has 25 heavy (non-hydrogen) atoms. The topological polar surface area (TPSA) is 83.0 Å². The summed E-state index contributed by atoms with van der Waals surface area (Å²) in [6.07, 6.45) is 1.70. The van der Waals surface area contributed by atoms with E-state index >= 15 is 0 Å². The van der Waals surface area contributed by atoms with E-state index in [-0.39, 0.29) is 6.61 Å². The molecular formula is C17H15Cl2N5O. The van der Waals surface area contributed by atoms with Crippen LogP contribution in [0.4, 0.5) is 17.5 Å². The minimum atomic E-state index is -0.0240. The van der Waals surface area contributed by atoms with E-state index < -0.39 is 0 Å². The molecule has 6 nitrogen and oxygen atoms in total. The summed E-state index contributed by atoms with van der Waals surface area (Å²) >= 11 is 12.1. The summed E-state index contributed by atoms with van der Waals surface area (Å²) in [5.74, 6) is 0.933.